The van der Waals surface area contributed by atoms with Crippen molar-refractivity contribution >= 4 is 13.9 Å². The molecule has 0 aliphatic heterocycles. The van der Waals surface area contributed by atoms with E-state index >= 15 is 0 Å². The van der Waals surface area contributed by atoms with E-state index in [9.17, 15) is 25.2 Å². The summed E-state index contributed by atoms with van der Waals surface area (Å²) in [4.78, 5) is 0. The van der Waals surface area contributed by atoms with Crippen LogP contribution in [0.3, 0.4) is 0 Å². The Bertz CT molecular complexity index is 678. The molecule has 0 aliphatic rings. The van der Waals surface area contributed by atoms with Gasteiger partial charge in [0.25, 0.3) is 0 Å². The summed E-state index contributed by atoms with van der Waals surface area (Å²) in [7, 11) is -10.7. The van der Waals surface area contributed by atoms with Gasteiger partial charge in [0.2, 0.25) is 6.33 Å². The van der Waals surface area contributed by atoms with Crippen LogP contribution in [-0.2, 0) is 13.1 Å². The number of unbranched alkanes of at least 4 members (excludes halogenated alkanes) is 1. The third-order valence-electron chi connectivity index (χ3n) is 3.10. The second kappa shape index (κ2) is 7.20. The van der Waals surface area contributed by atoms with Gasteiger partial charge in [0, 0.05) is 0 Å². The molecule has 1 aromatic heterocycles. The summed E-state index contributed by atoms with van der Waals surface area (Å²) in [6.07, 6.45) is 10.8. The molecule has 1 heterocycles. The predicted molar refractivity (Wildman–Crippen MR) is 88.7 cm³/mol. The van der Waals surface area contributed by atoms with Gasteiger partial charge in [-0.05, 0) is 17.5 Å². The number of rotatable bonds is 6. The van der Waals surface area contributed by atoms with Crippen molar-refractivity contribution in [3.8, 4) is 0 Å². The van der Waals surface area contributed by atoms with E-state index in [0.717, 1.165) is 13.1 Å². The van der Waals surface area contributed by atoms with Crippen molar-refractivity contribution in [2.45, 2.75) is 32.9 Å². The average molecular weight is 386 g/mol. The molecule has 0 fully saturated rings. The summed E-state index contributed by atoms with van der Waals surface area (Å²) in [5.41, 5.74) is 2.49. The zero-order chi connectivity index (χ0) is 19.2. The quantitative estimate of drug-likeness (QED) is 0.299. The van der Waals surface area contributed by atoms with Crippen LogP contribution in [0.4, 0.5) is 25.2 Å². The molecule has 1 aromatic carbocycles. The normalized spacial score (nSPS) is 14.0. The second-order valence-corrected chi connectivity index (χ2v) is 7.50. The number of hydrogen-bond donors (Lipinski definition) is 0. The number of imidazole rings is 1. The van der Waals surface area contributed by atoms with E-state index in [2.05, 4.69) is 65.6 Å². The van der Waals surface area contributed by atoms with Crippen LogP contribution in [0, 0.1) is 0 Å². The molecule has 0 atom stereocenters. The van der Waals surface area contributed by atoms with Crippen LogP contribution in [0.1, 0.15) is 30.9 Å². The van der Waals surface area contributed by atoms with Crippen molar-refractivity contribution < 1.29 is 29.7 Å². The molecular formula is C16H21F6N2P. The van der Waals surface area contributed by atoms with Gasteiger partial charge in [-0.1, -0.05) is 50.3 Å². The molecule has 2 nitrogen and oxygen atoms in total. The van der Waals surface area contributed by atoms with Crippen molar-refractivity contribution in [3.63, 3.8) is 0 Å². The number of benzene rings is 1. The number of nitrogens with zero attached hydrogens (tertiary/aromatic N) is 2. The van der Waals surface area contributed by atoms with Gasteiger partial charge in [-0.25, -0.2) is 9.13 Å². The van der Waals surface area contributed by atoms with Gasteiger partial charge in [-0.15, -0.1) is 0 Å². The number of aromatic nitrogens is 2. The molecule has 0 bridgehead atoms. The van der Waals surface area contributed by atoms with Crippen LogP contribution in [0.25, 0.3) is 6.08 Å². The molecule has 0 radical (unpaired) electrons. The summed E-state index contributed by atoms with van der Waals surface area (Å²) < 4.78 is 63.7. The standard InChI is InChI=1S/C16H21N2.F6P/c1-3-5-10-17-11-12-18(14-17)13-16-8-6-15(4-2)7-9-16;1-7(2,3,4,5)6/h4,6-9,11-12,14H,2-3,5,10,13H2,1H3;/q+1;-1. The molecule has 9 heteroatoms. The first-order valence-corrected chi connectivity index (χ1v) is 9.62. The number of hydrogen-bond acceptors (Lipinski definition) is 0. The Morgan fingerprint density at radius 1 is 1.08 bits per heavy atom. The van der Waals surface area contributed by atoms with Crippen LogP contribution < -0.4 is 4.57 Å². The van der Waals surface area contributed by atoms with Crippen LogP contribution >= 0.6 is 7.81 Å². The van der Waals surface area contributed by atoms with Crippen molar-refractivity contribution in [1.29, 1.82) is 0 Å². The summed E-state index contributed by atoms with van der Waals surface area (Å²) in [5.74, 6) is 0. The minimum atomic E-state index is -10.7. The van der Waals surface area contributed by atoms with Gasteiger partial charge in [0.1, 0.15) is 18.9 Å². The fourth-order valence-electron chi connectivity index (χ4n) is 1.98. The molecule has 2 rings (SSSR count). The Kier molecular flexibility index (Phi) is 6.11. The van der Waals surface area contributed by atoms with E-state index in [1.807, 2.05) is 6.08 Å². The Morgan fingerprint density at radius 3 is 2.12 bits per heavy atom. The van der Waals surface area contributed by atoms with E-state index < -0.39 is 7.81 Å². The molecule has 0 aliphatic carbocycles. The zero-order valence-electron chi connectivity index (χ0n) is 13.8. The van der Waals surface area contributed by atoms with Crippen LogP contribution in [0.2, 0.25) is 0 Å². The fraction of sp³-hybridized carbons (Fsp3) is 0.312. The van der Waals surface area contributed by atoms with Gasteiger partial charge in [-0.3, -0.25) is 0 Å². The molecular weight excluding hydrogens is 365 g/mol. The van der Waals surface area contributed by atoms with Crippen molar-refractivity contribution in [2.75, 3.05) is 0 Å². The van der Waals surface area contributed by atoms with Crippen molar-refractivity contribution in [3.05, 3.63) is 60.7 Å². The molecule has 142 valence electrons. The van der Waals surface area contributed by atoms with E-state index in [0.29, 0.717) is 0 Å². The molecule has 0 amide bonds. The Morgan fingerprint density at radius 2 is 1.64 bits per heavy atom. The van der Waals surface area contributed by atoms with Crippen LogP contribution in [0.15, 0.2) is 49.6 Å². The molecule has 25 heavy (non-hydrogen) atoms. The average Bonchev–Trinajstić information content (AvgIpc) is 2.90. The first kappa shape index (κ1) is 21.2. The summed E-state index contributed by atoms with van der Waals surface area (Å²) in [6, 6.07) is 8.54. The monoisotopic (exact) mass is 386 g/mol. The Balaban J connectivity index is 0.000000381. The third kappa shape index (κ3) is 12.2. The van der Waals surface area contributed by atoms with E-state index in [1.54, 1.807) is 0 Å². The maximum atomic E-state index is 9.87. The summed E-state index contributed by atoms with van der Waals surface area (Å²) in [5, 5.41) is 0. The topological polar surface area (TPSA) is 8.81 Å². The molecule has 0 saturated heterocycles. The summed E-state index contributed by atoms with van der Waals surface area (Å²) in [6.45, 7) is 8.03. The summed E-state index contributed by atoms with van der Waals surface area (Å²) >= 11 is 0. The molecule has 0 saturated carbocycles. The SMILES string of the molecule is C=Cc1ccc(C[n+]2ccn(CCCC)c2)cc1.F[P-](F)(F)(F)(F)F. The second-order valence-electron chi connectivity index (χ2n) is 5.58. The molecule has 0 unspecified atom stereocenters. The molecule has 0 spiro atoms. The van der Waals surface area contributed by atoms with E-state index in [-0.39, 0.29) is 0 Å². The van der Waals surface area contributed by atoms with Gasteiger partial charge in [0.05, 0.1) is 6.54 Å². The minimum absolute atomic E-state index is 0.927. The maximum absolute atomic E-state index is 10.7. The fourth-order valence-corrected chi connectivity index (χ4v) is 1.98. The Hall–Kier alpha value is -1.82. The Labute approximate surface area is 142 Å². The molecule has 2 aromatic rings. The van der Waals surface area contributed by atoms with Crippen molar-refractivity contribution in [2.24, 2.45) is 0 Å². The first-order valence-electron chi connectivity index (χ1n) is 7.59. The first-order chi connectivity index (χ1) is 11.3. The van der Waals surface area contributed by atoms with E-state index in [1.165, 1.54) is 24.0 Å². The van der Waals surface area contributed by atoms with Crippen LogP contribution in [-0.4, -0.2) is 4.57 Å². The number of halogens is 6. The number of aryl methyl sites for hydroxylation is 1. The van der Waals surface area contributed by atoms with Gasteiger partial charge >= 0.3 is 33.0 Å². The zero-order valence-corrected chi connectivity index (χ0v) is 14.7. The third-order valence-corrected chi connectivity index (χ3v) is 3.10. The van der Waals surface area contributed by atoms with Crippen molar-refractivity contribution in [1.82, 2.24) is 4.57 Å². The van der Waals surface area contributed by atoms with Gasteiger partial charge in [0.15, 0.2) is 0 Å². The predicted octanol–water partition coefficient (Wildman–Crippen LogP) is 6.65. The van der Waals surface area contributed by atoms with Crippen LogP contribution in [0.5, 0.6) is 0 Å². The van der Waals surface area contributed by atoms with E-state index in [4.69, 9.17) is 0 Å². The van der Waals surface area contributed by atoms with Gasteiger partial charge < -0.3 is 0 Å². The van der Waals surface area contributed by atoms with Gasteiger partial charge in [-0.2, -0.15) is 0 Å². The molecule has 0 N–H and O–H groups in total.